The average Bonchev–Trinajstić information content (AvgIpc) is 2.15. The van der Waals surface area contributed by atoms with Gasteiger partial charge in [-0.1, -0.05) is 13.0 Å². The second-order valence-corrected chi connectivity index (χ2v) is 5.10. The molecule has 0 saturated heterocycles. The van der Waals surface area contributed by atoms with Crippen LogP contribution >= 0.6 is 0 Å². The van der Waals surface area contributed by atoms with E-state index in [9.17, 15) is 8.42 Å². The second kappa shape index (κ2) is 4.00. The van der Waals surface area contributed by atoms with Gasteiger partial charge >= 0.3 is 0 Å². The van der Waals surface area contributed by atoms with E-state index in [2.05, 4.69) is 0 Å². The summed E-state index contributed by atoms with van der Waals surface area (Å²) in [6, 6.07) is 5.22. The fraction of sp³-hybridized carbons (Fsp3) is 0.400. The highest BCUT2D eigenvalue weighted by atomic mass is 32.2. The summed E-state index contributed by atoms with van der Waals surface area (Å²) in [4.78, 5) is 0.263. The SMILES string of the molecule is CCc1ccc(OC)c(S(C)(=O)=O)c1. The number of aryl methyl sites for hydroxylation is 1. The van der Waals surface area contributed by atoms with E-state index in [0.29, 0.717) is 5.75 Å². The predicted molar refractivity (Wildman–Crippen MR) is 55.5 cm³/mol. The maximum Gasteiger partial charge on any atom is 0.179 e. The fourth-order valence-electron chi connectivity index (χ4n) is 1.23. The van der Waals surface area contributed by atoms with E-state index < -0.39 is 9.84 Å². The molecule has 0 aliphatic carbocycles. The van der Waals surface area contributed by atoms with Crippen LogP contribution in [0.25, 0.3) is 0 Å². The van der Waals surface area contributed by atoms with Crippen LogP contribution in [0.3, 0.4) is 0 Å². The first-order valence-corrected chi connectivity index (χ1v) is 6.25. The van der Waals surface area contributed by atoms with Crippen molar-refractivity contribution in [1.29, 1.82) is 0 Å². The Balaban J connectivity index is 3.37. The topological polar surface area (TPSA) is 43.4 Å². The number of methoxy groups -OCH3 is 1. The summed E-state index contributed by atoms with van der Waals surface area (Å²) in [7, 11) is -1.74. The standard InChI is InChI=1S/C10H14O3S/c1-4-8-5-6-9(13-2)10(7-8)14(3,11)12/h5-7H,4H2,1-3H3. The van der Waals surface area contributed by atoms with Crippen LogP contribution in [0.1, 0.15) is 12.5 Å². The lowest BCUT2D eigenvalue weighted by Gasteiger charge is -2.07. The molecule has 78 valence electrons. The zero-order chi connectivity index (χ0) is 10.8. The number of hydrogen-bond acceptors (Lipinski definition) is 3. The molecule has 0 bridgehead atoms. The zero-order valence-electron chi connectivity index (χ0n) is 8.57. The van der Waals surface area contributed by atoms with E-state index in [4.69, 9.17) is 4.74 Å². The van der Waals surface area contributed by atoms with E-state index >= 15 is 0 Å². The van der Waals surface area contributed by atoms with Crippen molar-refractivity contribution in [3.8, 4) is 5.75 Å². The van der Waals surface area contributed by atoms with Crippen LogP contribution in [-0.4, -0.2) is 21.8 Å². The van der Waals surface area contributed by atoms with Crippen LogP contribution in [-0.2, 0) is 16.3 Å². The summed E-state index contributed by atoms with van der Waals surface area (Å²) >= 11 is 0. The largest absolute Gasteiger partial charge is 0.495 e. The molecular formula is C10H14O3S. The molecule has 0 aliphatic heterocycles. The molecule has 1 rings (SSSR count). The molecule has 3 nitrogen and oxygen atoms in total. The lowest BCUT2D eigenvalue weighted by atomic mass is 10.2. The van der Waals surface area contributed by atoms with Gasteiger partial charge in [-0.3, -0.25) is 0 Å². The van der Waals surface area contributed by atoms with Gasteiger partial charge in [-0.2, -0.15) is 0 Å². The van der Waals surface area contributed by atoms with Crippen LogP contribution in [0.2, 0.25) is 0 Å². The Kier molecular flexibility index (Phi) is 3.16. The van der Waals surface area contributed by atoms with Crippen molar-refractivity contribution >= 4 is 9.84 Å². The third-order valence-corrected chi connectivity index (χ3v) is 3.15. The Morgan fingerprint density at radius 1 is 1.36 bits per heavy atom. The van der Waals surface area contributed by atoms with Crippen LogP contribution in [0.5, 0.6) is 5.75 Å². The van der Waals surface area contributed by atoms with Crippen molar-refractivity contribution in [2.45, 2.75) is 18.2 Å². The minimum absolute atomic E-state index is 0.263. The third kappa shape index (κ3) is 2.26. The number of hydrogen-bond donors (Lipinski definition) is 0. The van der Waals surface area contributed by atoms with Gasteiger partial charge in [0.25, 0.3) is 0 Å². The Morgan fingerprint density at radius 3 is 2.43 bits per heavy atom. The van der Waals surface area contributed by atoms with E-state index in [0.717, 1.165) is 12.0 Å². The highest BCUT2D eigenvalue weighted by Gasteiger charge is 2.14. The number of sulfone groups is 1. The van der Waals surface area contributed by atoms with Gasteiger partial charge in [0.2, 0.25) is 0 Å². The molecule has 0 atom stereocenters. The minimum atomic E-state index is -3.20. The van der Waals surface area contributed by atoms with Gasteiger partial charge in [0.05, 0.1) is 7.11 Å². The van der Waals surface area contributed by atoms with Crippen molar-refractivity contribution < 1.29 is 13.2 Å². The quantitative estimate of drug-likeness (QED) is 0.768. The van der Waals surface area contributed by atoms with Crippen molar-refractivity contribution in [1.82, 2.24) is 0 Å². The second-order valence-electron chi connectivity index (χ2n) is 3.11. The van der Waals surface area contributed by atoms with Gasteiger partial charge in [-0.05, 0) is 24.1 Å². The first-order chi connectivity index (χ1) is 6.49. The highest BCUT2D eigenvalue weighted by molar-refractivity contribution is 7.90. The summed E-state index contributed by atoms with van der Waals surface area (Å²) < 4.78 is 27.8. The van der Waals surface area contributed by atoms with Gasteiger partial charge in [-0.25, -0.2) is 8.42 Å². The normalized spacial score (nSPS) is 11.4. The summed E-state index contributed by atoms with van der Waals surface area (Å²) in [6.45, 7) is 1.98. The van der Waals surface area contributed by atoms with Crippen LogP contribution < -0.4 is 4.74 Å². The van der Waals surface area contributed by atoms with E-state index in [-0.39, 0.29) is 4.90 Å². The van der Waals surface area contributed by atoms with Gasteiger partial charge in [0.1, 0.15) is 10.6 Å². The van der Waals surface area contributed by atoms with Gasteiger partial charge < -0.3 is 4.74 Å². The van der Waals surface area contributed by atoms with E-state index in [1.807, 2.05) is 13.0 Å². The summed E-state index contributed by atoms with van der Waals surface area (Å²) in [6.07, 6.45) is 2.00. The molecule has 0 heterocycles. The fourth-order valence-corrected chi connectivity index (χ4v) is 2.11. The number of rotatable bonds is 3. The number of benzene rings is 1. The van der Waals surface area contributed by atoms with Gasteiger partial charge in [-0.15, -0.1) is 0 Å². The molecule has 0 radical (unpaired) electrons. The first kappa shape index (κ1) is 11.0. The molecular weight excluding hydrogens is 200 g/mol. The molecule has 0 aliphatic rings. The molecule has 0 N–H and O–H groups in total. The van der Waals surface area contributed by atoms with Crippen molar-refractivity contribution in [3.63, 3.8) is 0 Å². The average molecular weight is 214 g/mol. The molecule has 0 fully saturated rings. The monoisotopic (exact) mass is 214 g/mol. The third-order valence-electron chi connectivity index (χ3n) is 2.04. The maximum atomic E-state index is 11.4. The van der Waals surface area contributed by atoms with Crippen LogP contribution in [0.4, 0.5) is 0 Å². The molecule has 4 heteroatoms. The predicted octanol–water partition coefficient (Wildman–Crippen LogP) is 1.66. The molecule has 0 amide bonds. The summed E-state index contributed by atoms with van der Waals surface area (Å²) in [5.41, 5.74) is 0.992. The van der Waals surface area contributed by atoms with Crippen LogP contribution in [0.15, 0.2) is 23.1 Å². The highest BCUT2D eigenvalue weighted by Crippen LogP contribution is 2.24. The van der Waals surface area contributed by atoms with Crippen molar-refractivity contribution in [2.24, 2.45) is 0 Å². The number of ether oxygens (including phenoxy) is 1. The summed E-state index contributed by atoms with van der Waals surface area (Å²) in [5.74, 6) is 0.407. The van der Waals surface area contributed by atoms with E-state index in [1.165, 1.54) is 13.4 Å². The zero-order valence-corrected chi connectivity index (χ0v) is 9.39. The molecule has 1 aromatic rings. The van der Waals surface area contributed by atoms with Crippen molar-refractivity contribution in [3.05, 3.63) is 23.8 Å². The van der Waals surface area contributed by atoms with Crippen molar-refractivity contribution in [2.75, 3.05) is 13.4 Å². The van der Waals surface area contributed by atoms with Gasteiger partial charge in [0.15, 0.2) is 9.84 Å². The molecule has 0 unspecified atom stereocenters. The molecule has 1 aromatic carbocycles. The minimum Gasteiger partial charge on any atom is -0.495 e. The molecule has 0 aromatic heterocycles. The van der Waals surface area contributed by atoms with E-state index in [1.54, 1.807) is 12.1 Å². The lowest BCUT2D eigenvalue weighted by Crippen LogP contribution is -2.01. The Morgan fingerprint density at radius 2 is 2.00 bits per heavy atom. The Labute approximate surface area is 84.6 Å². The first-order valence-electron chi connectivity index (χ1n) is 4.36. The lowest BCUT2D eigenvalue weighted by molar-refractivity contribution is 0.402. The molecule has 0 spiro atoms. The Bertz CT molecular complexity index is 421. The maximum absolute atomic E-state index is 11.4. The Hall–Kier alpha value is -1.03. The summed E-state index contributed by atoms with van der Waals surface area (Å²) in [5, 5.41) is 0. The molecule has 0 saturated carbocycles. The molecule has 14 heavy (non-hydrogen) atoms. The van der Waals surface area contributed by atoms with Crippen LogP contribution in [0, 0.1) is 0 Å². The smallest absolute Gasteiger partial charge is 0.179 e. The van der Waals surface area contributed by atoms with Gasteiger partial charge in [0, 0.05) is 6.26 Å².